The number of hydrogen-bond donors (Lipinski definition) is 1. The normalized spacial score (nSPS) is 12.8. The zero-order valence-corrected chi connectivity index (χ0v) is 14.7. The van der Waals surface area contributed by atoms with Crippen molar-refractivity contribution in [2.45, 2.75) is 25.6 Å². The van der Waals surface area contributed by atoms with E-state index in [1.807, 2.05) is 0 Å². The molecule has 0 aliphatic heterocycles. The van der Waals surface area contributed by atoms with Crippen molar-refractivity contribution in [1.82, 2.24) is 15.3 Å². The lowest BCUT2D eigenvalue weighted by atomic mass is 10.2. The molecule has 1 unspecified atom stereocenters. The van der Waals surface area contributed by atoms with Crippen molar-refractivity contribution in [2.24, 2.45) is 0 Å². The minimum atomic E-state index is -4.53. The average molecular weight is 399 g/mol. The van der Waals surface area contributed by atoms with Crippen LogP contribution in [0.3, 0.4) is 0 Å². The summed E-state index contributed by atoms with van der Waals surface area (Å²) in [4.78, 5) is 19.9. The Bertz CT molecular complexity index is 934. The first-order valence-corrected chi connectivity index (χ1v) is 8.71. The van der Waals surface area contributed by atoms with Gasteiger partial charge in [0, 0.05) is 10.9 Å². The fourth-order valence-corrected chi connectivity index (χ4v) is 3.21. The Morgan fingerprint density at radius 3 is 2.56 bits per heavy atom. The van der Waals surface area contributed by atoms with Gasteiger partial charge in [0.15, 0.2) is 11.4 Å². The van der Waals surface area contributed by atoms with Gasteiger partial charge in [-0.1, -0.05) is 6.92 Å². The summed E-state index contributed by atoms with van der Waals surface area (Å²) in [5.41, 5.74) is -0.548. The van der Waals surface area contributed by atoms with Gasteiger partial charge in [0.05, 0.1) is 6.04 Å². The second-order valence-electron chi connectivity index (χ2n) is 5.55. The molecule has 27 heavy (non-hydrogen) atoms. The number of nitrogens with one attached hydrogen (secondary N) is 1. The third-order valence-electron chi connectivity index (χ3n) is 3.65. The van der Waals surface area contributed by atoms with Crippen molar-refractivity contribution < 1.29 is 26.8 Å². The summed E-state index contributed by atoms with van der Waals surface area (Å²) in [5.74, 6) is -0.903. The molecule has 0 fully saturated rings. The van der Waals surface area contributed by atoms with E-state index in [1.54, 1.807) is 6.92 Å². The SMILES string of the molecule is CCC(NC(=O)c1coc(-c2ccc(F)cc2)n1)c1nc(C(F)(F)F)cs1. The predicted molar refractivity (Wildman–Crippen MR) is 89.5 cm³/mol. The van der Waals surface area contributed by atoms with Crippen LogP contribution in [0, 0.1) is 5.82 Å². The minimum absolute atomic E-state index is 0.0413. The number of benzene rings is 1. The van der Waals surface area contributed by atoms with Crippen LogP contribution in [0.15, 0.2) is 40.3 Å². The van der Waals surface area contributed by atoms with Gasteiger partial charge in [0.1, 0.15) is 17.1 Å². The van der Waals surface area contributed by atoms with Gasteiger partial charge in [-0.2, -0.15) is 13.2 Å². The molecule has 1 atom stereocenters. The van der Waals surface area contributed by atoms with Crippen LogP contribution in [-0.4, -0.2) is 15.9 Å². The lowest BCUT2D eigenvalue weighted by Crippen LogP contribution is -2.28. The lowest BCUT2D eigenvalue weighted by molar-refractivity contribution is -0.140. The van der Waals surface area contributed by atoms with E-state index in [4.69, 9.17) is 4.42 Å². The van der Waals surface area contributed by atoms with Crippen molar-refractivity contribution in [3.63, 3.8) is 0 Å². The van der Waals surface area contributed by atoms with E-state index >= 15 is 0 Å². The predicted octanol–water partition coefficient (Wildman–Crippen LogP) is 4.84. The molecule has 10 heteroatoms. The summed E-state index contributed by atoms with van der Waals surface area (Å²) in [6.45, 7) is 1.71. The third kappa shape index (κ3) is 4.33. The number of amides is 1. The molecular formula is C17H13F4N3O2S. The molecule has 0 spiro atoms. The summed E-state index contributed by atoms with van der Waals surface area (Å²) in [6, 6.07) is 4.67. The minimum Gasteiger partial charge on any atom is -0.444 e. The van der Waals surface area contributed by atoms with Crippen LogP contribution in [-0.2, 0) is 6.18 Å². The Labute approximate surface area is 155 Å². The highest BCUT2D eigenvalue weighted by Crippen LogP contribution is 2.32. The van der Waals surface area contributed by atoms with Gasteiger partial charge >= 0.3 is 6.18 Å². The van der Waals surface area contributed by atoms with Crippen molar-refractivity contribution in [3.05, 3.63) is 58.1 Å². The first kappa shape index (κ1) is 19.0. The van der Waals surface area contributed by atoms with E-state index < -0.39 is 29.6 Å². The number of thiazole rings is 1. The molecular weight excluding hydrogens is 386 g/mol. The van der Waals surface area contributed by atoms with Gasteiger partial charge in [0.25, 0.3) is 5.91 Å². The van der Waals surface area contributed by atoms with Gasteiger partial charge in [-0.15, -0.1) is 11.3 Å². The van der Waals surface area contributed by atoms with Crippen LogP contribution < -0.4 is 5.32 Å². The molecule has 1 aromatic carbocycles. The Kier molecular flexibility index (Phi) is 5.26. The molecule has 3 aromatic rings. The fraction of sp³-hybridized carbons (Fsp3) is 0.235. The number of carbonyl (C=O) groups excluding carboxylic acids is 1. The number of alkyl halides is 3. The molecule has 3 rings (SSSR count). The quantitative estimate of drug-likeness (QED) is 0.624. The average Bonchev–Trinajstić information content (AvgIpc) is 3.29. The molecule has 0 aliphatic rings. The van der Waals surface area contributed by atoms with E-state index in [2.05, 4.69) is 15.3 Å². The van der Waals surface area contributed by atoms with Crippen LogP contribution in [0.1, 0.15) is 40.6 Å². The van der Waals surface area contributed by atoms with Gasteiger partial charge in [-0.05, 0) is 30.7 Å². The topological polar surface area (TPSA) is 68.0 Å². The lowest BCUT2D eigenvalue weighted by Gasteiger charge is -2.13. The van der Waals surface area contributed by atoms with Crippen molar-refractivity contribution in [1.29, 1.82) is 0 Å². The van der Waals surface area contributed by atoms with Crippen molar-refractivity contribution >= 4 is 17.2 Å². The number of nitrogens with zero attached hydrogens (tertiary/aromatic N) is 2. The van der Waals surface area contributed by atoms with E-state index in [9.17, 15) is 22.4 Å². The second kappa shape index (κ2) is 7.47. The van der Waals surface area contributed by atoms with Crippen LogP contribution in [0.2, 0.25) is 0 Å². The Morgan fingerprint density at radius 1 is 1.26 bits per heavy atom. The Balaban J connectivity index is 1.74. The van der Waals surface area contributed by atoms with E-state index in [-0.39, 0.29) is 16.6 Å². The number of halogens is 4. The molecule has 0 aliphatic carbocycles. The maximum atomic E-state index is 13.0. The highest BCUT2D eigenvalue weighted by molar-refractivity contribution is 7.09. The van der Waals surface area contributed by atoms with E-state index in [1.165, 1.54) is 24.3 Å². The summed E-state index contributed by atoms with van der Waals surface area (Å²) in [7, 11) is 0. The molecule has 2 aromatic heterocycles. The fourth-order valence-electron chi connectivity index (χ4n) is 2.25. The van der Waals surface area contributed by atoms with Gasteiger partial charge in [0.2, 0.25) is 5.89 Å². The summed E-state index contributed by atoms with van der Waals surface area (Å²) >= 11 is 0.825. The molecule has 142 valence electrons. The number of hydrogen-bond acceptors (Lipinski definition) is 5. The third-order valence-corrected chi connectivity index (χ3v) is 4.61. The Hall–Kier alpha value is -2.75. The maximum absolute atomic E-state index is 13.0. The zero-order valence-electron chi connectivity index (χ0n) is 13.9. The largest absolute Gasteiger partial charge is 0.444 e. The summed E-state index contributed by atoms with van der Waals surface area (Å²) < 4.78 is 56.3. The summed E-state index contributed by atoms with van der Waals surface area (Å²) in [6.07, 6.45) is -3.06. The monoisotopic (exact) mass is 399 g/mol. The van der Waals surface area contributed by atoms with Crippen LogP contribution >= 0.6 is 11.3 Å². The van der Waals surface area contributed by atoms with E-state index in [0.29, 0.717) is 12.0 Å². The standard InChI is InChI=1S/C17H13F4N3O2S/c1-2-11(16-24-13(8-27-16)17(19,20)21)22-14(25)12-7-26-15(23-12)9-3-5-10(18)6-4-9/h3-8,11H,2H2,1H3,(H,22,25). The van der Waals surface area contributed by atoms with Crippen LogP contribution in [0.4, 0.5) is 17.6 Å². The molecule has 1 N–H and O–H groups in total. The molecule has 0 radical (unpaired) electrons. The van der Waals surface area contributed by atoms with Crippen LogP contribution in [0.25, 0.3) is 11.5 Å². The number of oxazole rings is 1. The first-order valence-electron chi connectivity index (χ1n) is 7.83. The maximum Gasteiger partial charge on any atom is 0.434 e. The number of carbonyl (C=O) groups is 1. The molecule has 5 nitrogen and oxygen atoms in total. The molecule has 2 heterocycles. The molecule has 0 bridgehead atoms. The summed E-state index contributed by atoms with van der Waals surface area (Å²) in [5, 5.41) is 3.66. The molecule has 0 saturated carbocycles. The van der Waals surface area contributed by atoms with Gasteiger partial charge in [-0.3, -0.25) is 4.79 Å². The second-order valence-corrected chi connectivity index (χ2v) is 6.44. The zero-order chi connectivity index (χ0) is 19.6. The highest BCUT2D eigenvalue weighted by atomic mass is 32.1. The number of aromatic nitrogens is 2. The van der Waals surface area contributed by atoms with Gasteiger partial charge < -0.3 is 9.73 Å². The number of rotatable bonds is 5. The van der Waals surface area contributed by atoms with E-state index in [0.717, 1.165) is 23.0 Å². The van der Waals surface area contributed by atoms with Gasteiger partial charge in [-0.25, -0.2) is 14.4 Å². The smallest absolute Gasteiger partial charge is 0.434 e. The highest BCUT2D eigenvalue weighted by Gasteiger charge is 2.34. The molecule has 1 amide bonds. The van der Waals surface area contributed by atoms with Crippen molar-refractivity contribution in [2.75, 3.05) is 0 Å². The first-order chi connectivity index (χ1) is 12.8. The van der Waals surface area contributed by atoms with Crippen molar-refractivity contribution in [3.8, 4) is 11.5 Å². The Morgan fingerprint density at radius 2 is 1.96 bits per heavy atom. The van der Waals surface area contributed by atoms with Crippen LogP contribution in [0.5, 0.6) is 0 Å². The molecule has 0 saturated heterocycles.